The highest BCUT2D eigenvalue weighted by Crippen LogP contribution is 2.32. The van der Waals surface area contributed by atoms with Gasteiger partial charge in [-0.1, -0.05) is 0 Å². The molecule has 4 rings (SSSR count). The molecule has 1 amide bonds. The first-order chi connectivity index (χ1) is 12.3. The molecule has 4 heterocycles. The van der Waals surface area contributed by atoms with Crippen LogP contribution in [-0.4, -0.2) is 38.8 Å². The minimum absolute atomic E-state index is 0.0136. The Kier molecular flexibility index (Phi) is 4.09. The zero-order valence-electron chi connectivity index (χ0n) is 14.2. The van der Waals surface area contributed by atoms with E-state index in [1.54, 1.807) is 18.5 Å². The summed E-state index contributed by atoms with van der Waals surface area (Å²) in [6, 6.07) is 7.64. The molecule has 0 radical (unpaired) electrons. The van der Waals surface area contributed by atoms with Gasteiger partial charge < -0.3 is 14.6 Å². The zero-order chi connectivity index (χ0) is 17.2. The number of rotatable bonds is 3. The van der Waals surface area contributed by atoms with E-state index in [1.165, 1.54) is 0 Å². The molecular formula is C19H21N5O. The molecule has 0 spiro atoms. The maximum absolute atomic E-state index is 13.0. The lowest BCUT2D eigenvalue weighted by atomic mass is 9.98. The van der Waals surface area contributed by atoms with Gasteiger partial charge in [0.1, 0.15) is 5.82 Å². The van der Waals surface area contributed by atoms with Crippen LogP contribution in [0.2, 0.25) is 0 Å². The van der Waals surface area contributed by atoms with E-state index in [2.05, 4.69) is 14.7 Å². The molecule has 128 valence electrons. The Labute approximate surface area is 146 Å². The number of piperidine rings is 1. The minimum atomic E-state index is -0.0136. The second kappa shape index (κ2) is 6.55. The molecule has 6 heteroatoms. The van der Waals surface area contributed by atoms with Gasteiger partial charge in [0.05, 0.1) is 22.8 Å². The maximum Gasteiger partial charge on any atom is 0.255 e. The van der Waals surface area contributed by atoms with E-state index in [0.29, 0.717) is 5.56 Å². The van der Waals surface area contributed by atoms with Crippen molar-refractivity contribution in [3.05, 3.63) is 60.3 Å². The molecule has 6 nitrogen and oxygen atoms in total. The number of carbonyl (C=O) groups excluding carboxylic acids is 1. The molecule has 3 aromatic heterocycles. The van der Waals surface area contributed by atoms with Gasteiger partial charge in [-0.05, 0) is 43.5 Å². The number of hydrogen-bond donors (Lipinski definition) is 1. The smallest absolute Gasteiger partial charge is 0.255 e. The number of carbonyl (C=O) groups is 1. The van der Waals surface area contributed by atoms with E-state index >= 15 is 0 Å². The normalized spacial score (nSPS) is 17.6. The molecule has 0 saturated carbocycles. The van der Waals surface area contributed by atoms with Gasteiger partial charge in [0.15, 0.2) is 0 Å². The molecule has 25 heavy (non-hydrogen) atoms. The second-order valence-electron chi connectivity index (χ2n) is 6.32. The Balaban J connectivity index is 1.73. The van der Waals surface area contributed by atoms with Crippen LogP contribution in [-0.2, 0) is 0 Å². The Bertz CT molecular complexity index is 889. The Hall–Kier alpha value is -2.89. The SMILES string of the molecule is CNc1nc(C2CCCCN2C(=O)c2cccnc2)cn2cccc12. The van der Waals surface area contributed by atoms with Crippen LogP contribution in [0.4, 0.5) is 5.82 Å². The third kappa shape index (κ3) is 2.84. The molecule has 1 saturated heterocycles. The number of nitrogens with one attached hydrogen (secondary N) is 1. The number of anilines is 1. The Morgan fingerprint density at radius 2 is 2.20 bits per heavy atom. The molecular weight excluding hydrogens is 314 g/mol. The van der Waals surface area contributed by atoms with Crippen LogP contribution in [0.5, 0.6) is 0 Å². The van der Waals surface area contributed by atoms with Crippen molar-refractivity contribution in [2.45, 2.75) is 25.3 Å². The van der Waals surface area contributed by atoms with Crippen LogP contribution in [0.1, 0.15) is 41.4 Å². The van der Waals surface area contributed by atoms with Gasteiger partial charge in [-0.3, -0.25) is 9.78 Å². The Morgan fingerprint density at radius 1 is 1.28 bits per heavy atom. The molecule has 1 aliphatic rings. The molecule has 0 aromatic carbocycles. The lowest BCUT2D eigenvalue weighted by Crippen LogP contribution is -2.39. The fraction of sp³-hybridized carbons (Fsp3) is 0.316. The average molecular weight is 335 g/mol. The molecule has 1 fully saturated rings. The van der Waals surface area contributed by atoms with E-state index in [-0.39, 0.29) is 11.9 Å². The van der Waals surface area contributed by atoms with Crippen LogP contribution in [0.25, 0.3) is 5.52 Å². The summed E-state index contributed by atoms with van der Waals surface area (Å²) in [6.45, 7) is 0.749. The van der Waals surface area contributed by atoms with Crippen LogP contribution >= 0.6 is 0 Å². The Morgan fingerprint density at radius 3 is 3.00 bits per heavy atom. The molecule has 1 atom stereocenters. The summed E-state index contributed by atoms with van der Waals surface area (Å²) in [5, 5.41) is 3.17. The van der Waals surface area contributed by atoms with Crippen molar-refractivity contribution in [2.75, 3.05) is 18.9 Å². The standard InChI is InChI=1S/C19H21N5O/c1-20-18-17-8-5-10-23(17)13-15(22-18)16-7-2-3-11-24(16)19(25)14-6-4-9-21-12-14/h4-6,8-10,12-13,16H,2-3,7,11H2,1H3,(H,20,22). The van der Waals surface area contributed by atoms with Crippen molar-refractivity contribution in [3.8, 4) is 0 Å². The highest BCUT2D eigenvalue weighted by Gasteiger charge is 2.30. The van der Waals surface area contributed by atoms with Crippen molar-refractivity contribution >= 4 is 17.2 Å². The minimum Gasteiger partial charge on any atom is -0.371 e. The number of amides is 1. The number of pyridine rings is 1. The van der Waals surface area contributed by atoms with Gasteiger partial charge in [0.2, 0.25) is 0 Å². The van der Waals surface area contributed by atoms with Gasteiger partial charge in [-0.25, -0.2) is 4.98 Å². The predicted molar refractivity (Wildman–Crippen MR) is 96.6 cm³/mol. The van der Waals surface area contributed by atoms with Crippen LogP contribution < -0.4 is 5.32 Å². The van der Waals surface area contributed by atoms with Gasteiger partial charge in [0, 0.05) is 38.4 Å². The third-order valence-electron chi connectivity index (χ3n) is 4.78. The summed E-state index contributed by atoms with van der Waals surface area (Å²) in [6.07, 6.45) is 10.4. The first-order valence-electron chi connectivity index (χ1n) is 8.64. The number of hydrogen-bond acceptors (Lipinski definition) is 4. The molecule has 0 bridgehead atoms. The predicted octanol–water partition coefficient (Wildman–Crippen LogP) is 3.14. The van der Waals surface area contributed by atoms with Crippen LogP contribution in [0, 0.1) is 0 Å². The van der Waals surface area contributed by atoms with Crippen LogP contribution in [0.3, 0.4) is 0 Å². The molecule has 1 aliphatic heterocycles. The lowest BCUT2D eigenvalue weighted by molar-refractivity contribution is 0.0605. The summed E-state index contributed by atoms with van der Waals surface area (Å²) >= 11 is 0. The summed E-state index contributed by atoms with van der Waals surface area (Å²) in [7, 11) is 1.87. The maximum atomic E-state index is 13.0. The van der Waals surface area contributed by atoms with Crippen molar-refractivity contribution < 1.29 is 4.79 Å². The van der Waals surface area contributed by atoms with Crippen molar-refractivity contribution in [2.24, 2.45) is 0 Å². The number of nitrogens with zero attached hydrogens (tertiary/aromatic N) is 4. The zero-order valence-corrected chi connectivity index (χ0v) is 14.2. The highest BCUT2D eigenvalue weighted by atomic mass is 16.2. The number of likely N-dealkylation sites (tertiary alicyclic amines) is 1. The lowest BCUT2D eigenvalue weighted by Gasteiger charge is -2.35. The van der Waals surface area contributed by atoms with Gasteiger partial charge in [-0.2, -0.15) is 0 Å². The van der Waals surface area contributed by atoms with Gasteiger partial charge in [-0.15, -0.1) is 0 Å². The summed E-state index contributed by atoms with van der Waals surface area (Å²) < 4.78 is 2.06. The summed E-state index contributed by atoms with van der Waals surface area (Å²) in [5.41, 5.74) is 2.59. The fourth-order valence-electron chi connectivity index (χ4n) is 3.55. The molecule has 0 aliphatic carbocycles. The fourth-order valence-corrected chi connectivity index (χ4v) is 3.55. The van der Waals surface area contributed by atoms with Gasteiger partial charge in [0.25, 0.3) is 5.91 Å². The van der Waals surface area contributed by atoms with Crippen LogP contribution in [0.15, 0.2) is 49.1 Å². The molecule has 1 unspecified atom stereocenters. The van der Waals surface area contributed by atoms with Gasteiger partial charge >= 0.3 is 0 Å². The largest absolute Gasteiger partial charge is 0.371 e. The monoisotopic (exact) mass is 335 g/mol. The number of fused-ring (bicyclic) bond motifs is 1. The van der Waals surface area contributed by atoms with Crippen molar-refractivity contribution in [3.63, 3.8) is 0 Å². The van der Waals surface area contributed by atoms with E-state index in [1.807, 2.05) is 42.5 Å². The highest BCUT2D eigenvalue weighted by molar-refractivity contribution is 5.94. The average Bonchev–Trinajstić information content (AvgIpc) is 3.16. The van der Waals surface area contributed by atoms with E-state index in [9.17, 15) is 4.79 Å². The summed E-state index contributed by atoms with van der Waals surface area (Å²) in [5.74, 6) is 0.861. The van der Waals surface area contributed by atoms with E-state index in [0.717, 1.165) is 42.8 Å². The third-order valence-corrected chi connectivity index (χ3v) is 4.78. The molecule has 3 aromatic rings. The first-order valence-corrected chi connectivity index (χ1v) is 8.64. The van der Waals surface area contributed by atoms with E-state index in [4.69, 9.17) is 4.98 Å². The second-order valence-corrected chi connectivity index (χ2v) is 6.32. The topological polar surface area (TPSA) is 62.5 Å². The quantitative estimate of drug-likeness (QED) is 0.799. The van der Waals surface area contributed by atoms with E-state index < -0.39 is 0 Å². The number of aromatic nitrogens is 3. The first kappa shape index (κ1) is 15.6. The summed E-state index contributed by atoms with van der Waals surface area (Å²) in [4.78, 5) is 23.8. The van der Waals surface area contributed by atoms with Crippen molar-refractivity contribution in [1.29, 1.82) is 0 Å². The van der Waals surface area contributed by atoms with Crippen molar-refractivity contribution in [1.82, 2.24) is 19.3 Å². The molecule has 1 N–H and O–H groups in total.